The van der Waals surface area contributed by atoms with E-state index >= 15 is 0 Å². The summed E-state index contributed by atoms with van der Waals surface area (Å²) in [6, 6.07) is 4.37. The number of amides is 1. The minimum atomic E-state index is -4.47. The Labute approximate surface area is 167 Å². The standard InChI is InChI=1S/C20H24F3NO5/c1-3-29-18(26)12-17(25)14-7-8-24(19(27)28-2)16(11-14)10-13-5-4-6-15(9-13)20(21,22)23/h4-6,9,14,16H,3,7-8,10-12H2,1-2H3/t14-,16+/m0/s1. The van der Waals surface area contributed by atoms with E-state index in [1.807, 2.05) is 0 Å². The molecule has 2 atom stereocenters. The lowest BCUT2D eigenvalue weighted by Gasteiger charge is -2.38. The first-order valence-electron chi connectivity index (χ1n) is 9.34. The first-order valence-corrected chi connectivity index (χ1v) is 9.34. The highest BCUT2D eigenvalue weighted by molar-refractivity contribution is 5.96. The summed E-state index contributed by atoms with van der Waals surface area (Å²) in [5.74, 6) is -1.37. The Kier molecular flexibility index (Phi) is 7.64. The molecule has 1 saturated heterocycles. The molecule has 1 heterocycles. The van der Waals surface area contributed by atoms with Gasteiger partial charge in [0.05, 0.1) is 19.3 Å². The Balaban J connectivity index is 2.16. The van der Waals surface area contributed by atoms with Gasteiger partial charge in [0.2, 0.25) is 0 Å². The second-order valence-corrected chi connectivity index (χ2v) is 6.89. The van der Waals surface area contributed by atoms with Gasteiger partial charge in [-0.25, -0.2) is 4.79 Å². The summed E-state index contributed by atoms with van der Waals surface area (Å²) in [6.07, 6.45) is -4.69. The van der Waals surface area contributed by atoms with E-state index in [2.05, 4.69) is 0 Å². The molecule has 0 radical (unpaired) electrons. The van der Waals surface area contributed by atoms with Crippen molar-refractivity contribution in [3.05, 3.63) is 35.4 Å². The predicted octanol–water partition coefficient (Wildman–Crippen LogP) is 3.62. The van der Waals surface area contributed by atoms with Gasteiger partial charge >= 0.3 is 18.2 Å². The zero-order valence-corrected chi connectivity index (χ0v) is 16.3. The quantitative estimate of drug-likeness (QED) is 0.524. The molecule has 1 fully saturated rings. The van der Waals surface area contributed by atoms with Crippen LogP contribution in [-0.4, -0.2) is 49.0 Å². The Bertz CT molecular complexity index is 750. The number of carbonyl (C=O) groups is 3. The second kappa shape index (κ2) is 9.76. The molecule has 1 amide bonds. The van der Waals surface area contributed by atoms with Crippen molar-refractivity contribution in [3.63, 3.8) is 0 Å². The lowest BCUT2D eigenvalue weighted by molar-refractivity contribution is -0.146. The number of halogens is 3. The van der Waals surface area contributed by atoms with Crippen molar-refractivity contribution in [1.29, 1.82) is 0 Å². The highest BCUT2D eigenvalue weighted by Crippen LogP contribution is 2.32. The largest absolute Gasteiger partial charge is 0.466 e. The van der Waals surface area contributed by atoms with Crippen molar-refractivity contribution in [2.45, 2.75) is 44.8 Å². The van der Waals surface area contributed by atoms with Gasteiger partial charge in [-0.1, -0.05) is 18.2 Å². The van der Waals surface area contributed by atoms with Gasteiger partial charge < -0.3 is 14.4 Å². The number of rotatable bonds is 6. The maximum Gasteiger partial charge on any atom is 0.416 e. The molecule has 0 unspecified atom stereocenters. The second-order valence-electron chi connectivity index (χ2n) is 6.89. The maximum atomic E-state index is 13.0. The zero-order valence-electron chi connectivity index (χ0n) is 16.3. The molecule has 0 bridgehead atoms. The third-order valence-electron chi connectivity index (χ3n) is 4.93. The number of benzene rings is 1. The van der Waals surface area contributed by atoms with Gasteiger partial charge in [-0.15, -0.1) is 0 Å². The highest BCUT2D eigenvalue weighted by atomic mass is 19.4. The van der Waals surface area contributed by atoms with Crippen LogP contribution < -0.4 is 0 Å². The Morgan fingerprint density at radius 2 is 1.97 bits per heavy atom. The van der Waals surface area contributed by atoms with E-state index in [1.54, 1.807) is 13.0 Å². The SMILES string of the molecule is CCOC(=O)CC(=O)[C@H]1CCN(C(=O)OC)[C@H](Cc2cccc(C(F)(F)F)c2)C1. The number of piperidine rings is 1. The summed E-state index contributed by atoms with van der Waals surface area (Å²) in [5, 5.41) is 0. The fourth-order valence-corrected chi connectivity index (χ4v) is 3.54. The lowest BCUT2D eigenvalue weighted by atomic mass is 9.84. The van der Waals surface area contributed by atoms with Crippen molar-refractivity contribution in [3.8, 4) is 0 Å². The van der Waals surface area contributed by atoms with Crippen LogP contribution in [0, 0.1) is 5.92 Å². The van der Waals surface area contributed by atoms with Crippen LogP contribution in [0.2, 0.25) is 0 Å². The minimum absolute atomic E-state index is 0.141. The van der Waals surface area contributed by atoms with E-state index in [4.69, 9.17) is 9.47 Å². The fraction of sp³-hybridized carbons (Fsp3) is 0.550. The summed E-state index contributed by atoms with van der Waals surface area (Å²) < 4.78 is 48.5. The number of carbonyl (C=O) groups excluding carboxylic acids is 3. The molecule has 2 rings (SSSR count). The minimum Gasteiger partial charge on any atom is -0.466 e. The monoisotopic (exact) mass is 415 g/mol. The molecule has 9 heteroatoms. The molecule has 29 heavy (non-hydrogen) atoms. The van der Waals surface area contributed by atoms with Gasteiger partial charge in [0.1, 0.15) is 12.2 Å². The van der Waals surface area contributed by atoms with Gasteiger partial charge in [0.25, 0.3) is 0 Å². The normalized spacial score (nSPS) is 19.6. The molecule has 0 aromatic heterocycles. The average molecular weight is 415 g/mol. The number of esters is 1. The molecule has 0 N–H and O–H groups in total. The number of alkyl halides is 3. The predicted molar refractivity (Wildman–Crippen MR) is 97.0 cm³/mol. The Morgan fingerprint density at radius 3 is 2.59 bits per heavy atom. The van der Waals surface area contributed by atoms with E-state index in [1.165, 1.54) is 18.1 Å². The van der Waals surface area contributed by atoms with Crippen molar-refractivity contribution in [1.82, 2.24) is 4.90 Å². The van der Waals surface area contributed by atoms with Crippen LogP contribution in [0.3, 0.4) is 0 Å². The number of hydrogen-bond acceptors (Lipinski definition) is 5. The van der Waals surface area contributed by atoms with E-state index in [0.717, 1.165) is 12.1 Å². The molecule has 160 valence electrons. The van der Waals surface area contributed by atoms with Crippen LogP contribution in [0.4, 0.5) is 18.0 Å². The summed E-state index contributed by atoms with van der Waals surface area (Å²) in [7, 11) is 1.22. The van der Waals surface area contributed by atoms with Crippen LogP contribution in [0.1, 0.15) is 37.3 Å². The third kappa shape index (κ3) is 6.20. The summed E-state index contributed by atoms with van der Waals surface area (Å²) in [6.45, 7) is 2.03. The van der Waals surface area contributed by atoms with E-state index in [-0.39, 0.29) is 38.2 Å². The number of methoxy groups -OCH3 is 1. The Morgan fingerprint density at radius 1 is 1.24 bits per heavy atom. The van der Waals surface area contributed by atoms with Gasteiger partial charge in [-0.05, 0) is 37.8 Å². The zero-order chi connectivity index (χ0) is 21.6. The van der Waals surface area contributed by atoms with Gasteiger partial charge in [-0.3, -0.25) is 9.59 Å². The lowest BCUT2D eigenvalue weighted by Crippen LogP contribution is -2.48. The van der Waals surface area contributed by atoms with E-state index in [0.29, 0.717) is 12.0 Å². The average Bonchev–Trinajstić information content (AvgIpc) is 2.67. The summed E-state index contributed by atoms with van der Waals surface area (Å²) in [4.78, 5) is 37.5. The van der Waals surface area contributed by atoms with Crippen LogP contribution in [0.15, 0.2) is 24.3 Å². The first-order chi connectivity index (χ1) is 13.7. The molecular weight excluding hydrogens is 391 g/mol. The molecule has 1 aromatic rings. The number of likely N-dealkylation sites (tertiary alicyclic amines) is 1. The number of ketones is 1. The number of ether oxygens (including phenoxy) is 2. The van der Waals surface area contributed by atoms with Gasteiger partial charge in [-0.2, -0.15) is 13.2 Å². The van der Waals surface area contributed by atoms with Gasteiger partial charge in [0, 0.05) is 18.5 Å². The Hall–Kier alpha value is -2.58. The van der Waals surface area contributed by atoms with Crippen molar-refractivity contribution in [2.24, 2.45) is 5.92 Å². The fourth-order valence-electron chi connectivity index (χ4n) is 3.54. The van der Waals surface area contributed by atoms with Gasteiger partial charge in [0.15, 0.2) is 0 Å². The number of hydrogen-bond donors (Lipinski definition) is 0. The molecule has 6 nitrogen and oxygen atoms in total. The molecule has 0 saturated carbocycles. The summed E-state index contributed by atoms with van der Waals surface area (Å²) in [5.41, 5.74) is -0.373. The van der Waals surface area contributed by atoms with Crippen molar-refractivity contribution in [2.75, 3.05) is 20.3 Å². The molecule has 1 aliphatic heterocycles. The highest BCUT2D eigenvalue weighted by Gasteiger charge is 2.36. The van der Waals surface area contributed by atoms with Crippen molar-refractivity contribution < 1.29 is 37.0 Å². The van der Waals surface area contributed by atoms with E-state index < -0.39 is 35.8 Å². The third-order valence-corrected chi connectivity index (χ3v) is 4.93. The number of nitrogens with zero attached hydrogens (tertiary/aromatic N) is 1. The molecule has 0 aliphatic carbocycles. The summed E-state index contributed by atoms with van der Waals surface area (Å²) >= 11 is 0. The van der Waals surface area contributed by atoms with Crippen LogP contribution >= 0.6 is 0 Å². The first kappa shape index (κ1) is 22.7. The van der Waals surface area contributed by atoms with Crippen molar-refractivity contribution >= 4 is 17.8 Å². The molecule has 1 aromatic carbocycles. The number of Topliss-reactive ketones (excluding diaryl/α,β-unsaturated/α-hetero) is 1. The van der Waals surface area contributed by atoms with Crippen LogP contribution in [-0.2, 0) is 31.7 Å². The smallest absolute Gasteiger partial charge is 0.416 e. The van der Waals surface area contributed by atoms with Crippen LogP contribution in [0.5, 0.6) is 0 Å². The molecular formula is C20H24F3NO5. The maximum absolute atomic E-state index is 13.0. The van der Waals surface area contributed by atoms with Crippen LogP contribution in [0.25, 0.3) is 0 Å². The molecule has 1 aliphatic rings. The molecule has 0 spiro atoms. The van der Waals surface area contributed by atoms with E-state index in [9.17, 15) is 27.6 Å². The topological polar surface area (TPSA) is 72.9 Å².